The Morgan fingerprint density at radius 1 is 1.26 bits per heavy atom. The van der Waals surface area contributed by atoms with Gasteiger partial charge in [0.25, 0.3) is 0 Å². The highest BCUT2D eigenvalue weighted by Crippen LogP contribution is 2.15. The maximum atomic E-state index is 12.0. The van der Waals surface area contributed by atoms with Gasteiger partial charge in [0.15, 0.2) is 5.78 Å². The number of hydrogen-bond acceptors (Lipinski definition) is 3. The van der Waals surface area contributed by atoms with E-state index in [4.69, 9.17) is 4.74 Å². The van der Waals surface area contributed by atoms with E-state index in [1.807, 2.05) is 31.2 Å². The third-order valence-corrected chi connectivity index (χ3v) is 2.83. The Morgan fingerprint density at radius 2 is 2.16 bits per heavy atom. The van der Waals surface area contributed by atoms with Crippen LogP contribution in [0.5, 0.6) is 5.75 Å². The van der Waals surface area contributed by atoms with Gasteiger partial charge in [0, 0.05) is 24.4 Å². The molecule has 1 heterocycles. The highest BCUT2D eigenvalue weighted by atomic mass is 16.5. The van der Waals surface area contributed by atoms with Gasteiger partial charge >= 0.3 is 0 Å². The van der Waals surface area contributed by atoms with Crippen molar-refractivity contribution in [1.29, 1.82) is 0 Å². The van der Waals surface area contributed by atoms with Crippen LogP contribution in [-0.4, -0.2) is 17.4 Å². The zero-order valence-electron chi connectivity index (χ0n) is 11.0. The molecule has 0 N–H and O–H groups in total. The van der Waals surface area contributed by atoms with Crippen LogP contribution in [0.1, 0.15) is 29.3 Å². The van der Waals surface area contributed by atoms with E-state index in [-0.39, 0.29) is 5.78 Å². The van der Waals surface area contributed by atoms with E-state index in [9.17, 15) is 4.79 Å². The van der Waals surface area contributed by atoms with Crippen molar-refractivity contribution in [2.24, 2.45) is 0 Å². The summed E-state index contributed by atoms with van der Waals surface area (Å²) in [6, 6.07) is 11.5. The second-order valence-electron chi connectivity index (χ2n) is 4.25. The highest BCUT2D eigenvalue weighted by molar-refractivity contribution is 5.95. The summed E-state index contributed by atoms with van der Waals surface area (Å²) in [6.07, 6.45) is 4.48. The van der Waals surface area contributed by atoms with Gasteiger partial charge in [-0.05, 0) is 43.2 Å². The van der Waals surface area contributed by atoms with Crippen LogP contribution in [0.15, 0.2) is 48.8 Å². The van der Waals surface area contributed by atoms with Crippen molar-refractivity contribution in [2.75, 3.05) is 6.61 Å². The minimum absolute atomic E-state index is 0.120. The van der Waals surface area contributed by atoms with Crippen molar-refractivity contribution < 1.29 is 9.53 Å². The van der Waals surface area contributed by atoms with E-state index in [0.29, 0.717) is 25.0 Å². The maximum absolute atomic E-state index is 12.0. The number of aromatic nitrogens is 1. The lowest BCUT2D eigenvalue weighted by Gasteiger charge is -2.06. The third kappa shape index (κ3) is 3.91. The number of nitrogens with zero attached hydrogens (tertiary/aromatic N) is 1. The molecule has 0 unspecified atom stereocenters. The Hall–Kier alpha value is -2.16. The fourth-order valence-corrected chi connectivity index (χ4v) is 1.89. The molecule has 0 saturated heterocycles. The summed E-state index contributed by atoms with van der Waals surface area (Å²) >= 11 is 0. The minimum atomic E-state index is 0.120. The van der Waals surface area contributed by atoms with Crippen molar-refractivity contribution in [3.63, 3.8) is 0 Å². The molecule has 3 heteroatoms. The Morgan fingerprint density at radius 3 is 2.89 bits per heavy atom. The van der Waals surface area contributed by atoms with Crippen LogP contribution < -0.4 is 4.74 Å². The van der Waals surface area contributed by atoms with Crippen LogP contribution in [0, 0.1) is 0 Å². The fraction of sp³-hybridized carbons (Fsp3) is 0.250. The summed E-state index contributed by atoms with van der Waals surface area (Å²) in [7, 11) is 0. The van der Waals surface area contributed by atoms with E-state index in [1.54, 1.807) is 24.5 Å². The number of benzene rings is 1. The molecule has 0 aliphatic carbocycles. The van der Waals surface area contributed by atoms with E-state index in [0.717, 1.165) is 11.3 Å². The monoisotopic (exact) mass is 255 g/mol. The van der Waals surface area contributed by atoms with Crippen molar-refractivity contribution >= 4 is 5.78 Å². The van der Waals surface area contributed by atoms with Crippen LogP contribution in [0.25, 0.3) is 0 Å². The number of carbonyl (C=O) groups is 1. The Labute approximate surface area is 113 Å². The summed E-state index contributed by atoms with van der Waals surface area (Å²) < 4.78 is 5.44. The van der Waals surface area contributed by atoms with E-state index < -0.39 is 0 Å². The van der Waals surface area contributed by atoms with Gasteiger partial charge in [-0.25, -0.2) is 0 Å². The summed E-state index contributed by atoms with van der Waals surface area (Å²) in [6.45, 7) is 2.61. The van der Waals surface area contributed by atoms with Crippen molar-refractivity contribution in [1.82, 2.24) is 4.98 Å². The molecule has 1 aromatic carbocycles. The average molecular weight is 255 g/mol. The fourth-order valence-electron chi connectivity index (χ4n) is 1.89. The molecule has 0 radical (unpaired) electrons. The molecule has 2 aromatic rings. The smallest absolute Gasteiger partial charge is 0.164 e. The van der Waals surface area contributed by atoms with Gasteiger partial charge in [-0.2, -0.15) is 0 Å². The molecule has 98 valence electrons. The lowest BCUT2D eigenvalue weighted by Crippen LogP contribution is -2.01. The van der Waals surface area contributed by atoms with Gasteiger partial charge in [-0.3, -0.25) is 9.78 Å². The molecule has 0 amide bonds. The molecule has 3 nitrogen and oxygen atoms in total. The molecule has 0 aliphatic heterocycles. The Bertz CT molecular complexity index is 537. The van der Waals surface area contributed by atoms with Crippen molar-refractivity contribution in [3.8, 4) is 5.75 Å². The summed E-state index contributed by atoms with van der Waals surface area (Å²) in [5, 5.41) is 0. The Kier molecular flexibility index (Phi) is 4.67. The van der Waals surface area contributed by atoms with Crippen LogP contribution in [0.4, 0.5) is 0 Å². The largest absolute Gasteiger partial charge is 0.494 e. The second kappa shape index (κ2) is 6.69. The quantitative estimate of drug-likeness (QED) is 0.743. The van der Waals surface area contributed by atoms with Gasteiger partial charge in [-0.15, -0.1) is 0 Å². The third-order valence-electron chi connectivity index (χ3n) is 2.83. The second-order valence-corrected chi connectivity index (χ2v) is 4.25. The normalized spacial score (nSPS) is 10.2. The number of aryl methyl sites for hydroxylation is 1. The van der Waals surface area contributed by atoms with Crippen LogP contribution in [-0.2, 0) is 6.42 Å². The number of rotatable bonds is 6. The molecule has 2 rings (SSSR count). The molecule has 19 heavy (non-hydrogen) atoms. The van der Waals surface area contributed by atoms with E-state index in [2.05, 4.69) is 4.98 Å². The van der Waals surface area contributed by atoms with Gasteiger partial charge in [0.05, 0.1) is 6.61 Å². The van der Waals surface area contributed by atoms with Gasteiger partial charge in [0.1, 0.15) is 5.75 Å². The first-order valence-corrected chi connectivity index (χ1v) is 6.44. The minimum Gasteiger partial charge on any atom is -0.494 e. The van der Waals surface area contributed by atoms with Crippen molar-refractivity contribution in [2.45, 2.75) is 19.8 Å². The first-order chi connectivity index (χ1) is 9.29. The molecular weight excluding hydrogens is 238 g/mol. The SMILES string of the molecule is CCOc1cccc(CCC(=O)c2cccnc2)c1. The molecule has 0 atom stereocenters. The number of Topliss-reactive ketones (excluding diaryl/α,β-unsaturated/α-hetero) is 1. The van der Waals surface area contributed by atoms with Gasteiger partial charge in [0.2, 0.25) is 0 Å². The maximum Gasteiger partial charge on any atom is 0.164 e. The summed E-state index contributed by atoms with van der Waals surface area (Å²) in [4.78, 5) is 15.9. The van der Waals surface area contributed by atoms with Crippen LogP contribution >= 0.6 is 0 Å². The molecule has 0 spiro atoms. The topological polar surface area (TPSA) is 39.2 Å². The zero-order chi connectivity index (χ0) is 13.5. The zero-order valence-corrected chi connectivity index (χ0v) is 11.0. The van der Waals surface area contributed by atoms with Gasteiger partial charge < -0.3 is 4.74 Å². The molecule has 0 saturated carbocycles. The lowest BCUT2D eigenvalue weighted by atomic mass is 10.0. The first-order valence-electron chi connectivity index (χ1n) is 6.44. The first kappa shape index (κ1) is 13.3. The summed E-state index contributed by atoms with van der Waals surface area (Å²) in [5.74, 6) is 0.976. The standard InChI is InChI=1S/C16H17NO2/c1-2-19-15-7-3-5-13(11-15)8-9-16(18)14-6-4-10-17-12-14/h3-7,10-12H,2,8-9H2,1H3. The molecule has 0 fully saturated rings. The number of hydrogen-bond donors (Lipinski definition) is 0. The summed E-state index contributed by atoms with van der Waals surface area (Å²) in [5.41, 5.74) is 1.78. The number of ketones is 1. The highest BCUT2D eigenvalue weighted by Gasteiger charge is 2.06. The van der Waals surface area contributed by atoms with Crippen LogP contribution in [0.2, 0.25) is 0 Å². The average Bonchev–Trinajstić information content (AvgIpc) is 2.46. The van der Waals surface area contributed by atoms with Gasteiger partial charge in [-0.1, -0.05) is 12.1 Å². The van der Waals surface area contributed by atoms with Crippen LogP contribution in [0.3, 0.4) is 0 Å². The number of ether oxygens (including phenoxy) is 1. The molecule has 1 aromatic heterocycles. The molecule has 0 bridgehead atoms. The van der Waals surface area contributed by atoms with Crippen molar-refractivity contribution in [3.05, 3.63) is 59.9 Å². The molecular formula is C16H17NO2. The predicted octanol–water partition coefficient (Wildman–Crippen LogP) is 3.30. The Balaban J connectivity index is 1.95. The van der Waals surface area contributed by atoms with E-state index in [1.165, 1.54) is 0 Å². The number of pyridine rings is 1. The lowest BCUT2D eigenvalue weighted by molar-refractivity contribution is 0.0982. The number of carbonyl (C=O) groups excluding carboxylic acids is 1. The predicted molar refractivity (Wildman–Crippen MR) is 74.5 cm³/mol. The molecule has 0 aliphatic rings. The van der Waals surface area contributed by atoms with E-state index >= 15 is 0 Å².